The van der Waals surface area contributed by atoms with Gasteiger partial charge in [-0.1, -0.05) is 48.5 Å². The fraction of sp³-hybridized carbons (Fsp3) is 0.0588. The normalized spacial score (nSPS) is 11.7. The summed E-state index contributed by atoms with van der Waals surface area (Å²) in [5.74, 6) is -0.635. The minimum Gasteiger partial charge on any atom is -0.744 e. The van der Waals surface area contributed by atoms with Crippen molar-refractivity contribution in [3.8, 4) is 11.5 Å². The average molecular weight is 813 g/mol. The average Bonchev–Trinajstić information content (AvgIpc) is 3.09. The van der Waals surface area contributed by atoms with Crippen molar-refractivity contribution >= 4 is 114 Å². The zero-order valence-corrected chi connectivity index (χ0v) is 32.3. The first-order chi connectivity index (χ1) is 25.4. The predicted octanol–water partition coefficient (Wildman–Crippen LogP) is 7.78. The van der Waals surface area contributed by atoms with E-state index in [1.165, 1.54) is 48.5 Å². The second-order valence-corrected chi connectivity index (χ2v) is 14.1. The number of aromatic hydroxyl groups is 2. The summed E-state index contributed by atoms with van der Waals surface area (Å²) in [6.07, 6.45) is 0. The Morgan fingerprint density at radius 2 is 0.891 bits per heavy atom. The molecule has 0 radical (unpaired) electrons. The molecular formula is C34H24CaN6O12S2. The number of azo groups is 2. The minimum absolute atomic E-state index is 0. The van der Waals surface area contributed by atoms with E-state index in [1.54, 1.807) is 38.1 Å². The van der Waals surface area contributed by atoms with Gasteiger partial charge >= 0.3 is 37.7 Å². The van der Waals surface area contributed by atoms with Gasteiger partial charge in [-0.25, -0.2) is 16.8 Å². The van der Waals surface area contributed by atoms with Gasteiger partial charge in [0.25, 0.3) is 11.4 Å². The molecule has 0 bridgehead atoms. The second kappa shape index (κ2) is 16.9. The molecule has 0 amide bonds. The fourth-order valence-corrected chi connectivity index (χ4v) is 6.19. The standard InChI is InChI=1S/2C17H13N3O6S.Ca/c2*1-10-3-2-4-14(17(10)20(22)23)18-19-16-13-9-12(27(24,25)26)7-5-11(13)6-8-15(16)21;/h2*2-9,21H,1H3,(H,24,25,26);/q;;+2/p-2. The SMILES string of the molecule is Cc1cccc(N=Nc2c(O)ccc3ccc(S(=O)(=O)[O-])cc23)c1[N+](=O)[O-].Cc1cccc(N=Nc2c(O)ccc3ccc(S(=O)(=O)[O-])cc23)c1[N+](=O)[O-].[Ca+2]. The van der Waals surface area contributed by atoms with Crippen LogP contribution in [0.25, 0.3) is 21.5 Å². The molecule has 0 aliphatic carbocycles. The van der Waals surface area contributed by atoms with E-state index in [0.29, 0.717) is 21.9 Å². The Morgan fingerprint density at radius 1 is 0.545 bits per heavy atom. The quantitative estimate of drug-likeness (QED) is 0.0489. The van der Waals surface area contributed by atoms with Gasteiger partial charge in [0.1, 0.15) is 43.1 Å². The zero-order chi connectivity index (χ0) is 39.5. The Morgan fingerprint density at radius 3 is 1.22 bits per heavy atom. The summed E-state index contributed by atoms with van der Waals surface area (Å²) >= 11 is 0. The van der Waals surface area contributed by atoms with Crippen LogP contribution in [0, 0.1) is 34.1 Å². The molecule has 0 spiro atoms. The van der Waals surface area contributed by atoms with Crippen LogP contribution >= 0.6 is 0 Å². The molecule has 6 aromatic rings. The van der Waals surface area contributed by atoms with Gasteiger partial charge in [-0.15, -0.1) is 20.5 Å². The first kappa shape index (κ1) is 42.3. The molecule has 0 heterocycles. The van der Waals surface area contributed by atoms with Gasteiger partial charge in [0.05, 0.1) is 19.6 Å². The number of para-hydroxylation sites is 2. The van der Waals surface area contributed by atoms with Gasteiger partial charge in [-0.3, -0.25) is 20.2 Å². The summed E-state index contributed by atoms with van der Waals surface area (Å²) in [4.78, 5) is 20.3. The molecule has 55 heavy (non-hydrogen) atoms. The molecule has 0 saturated heterocycles. The first-order valence-electron chi connectivity index (χ1n) is 15.1. The third kappa shape index (κ3) is 9.61. The van der Waals surface area contributed by atoms with E-state index in [0.717, 1.165) is 24.3 Å². The van der Waals surface area contributed by atoms with E-state index in [1.807, 2.05) is 0 Å². The fourth-order valence-electron chi connectivity index (χ4n) is 5.20. The number of aryl methyl sites for hydroxylation is 2. The van der Waals surface area contributed by atoms with Crippen LogP contribution in [0.5, 0.6) is 11.5 Å². The van der Waals surface area contributed by atoms with Crippen LogP contribution in [0.1, 0.15) is 11.1 Å². The Labute approximate surface area is 341 Å². The number of benzene rings is 6. The summed E-state index contributed by atoms with van der Waals surface area (Å²) < 4.78 is 67.6. The summed E-state index contributed by atoms with van der Waals surface area (Å²) in [5.41, 5.74) is 0.0554. The molecule has 0 aliphatic rings. The molecule has 2 N–H and O–H groups in total. The van der Waals surface area contributed by atoms with Gasteiger partial charge in [-0.05, 0) is 73.2 Å². The smallest absolute Gasteiger partial charge is 0.744 e. The maximum Gasteiger partial charge on any atom is 2.00 e. The monoisotopic (exact) mass is 812 g/mol. The predicted molar refractivity (Wildman–Crippen MR) is 197 cm³/mol. The molecule has 0 atom stereocenters. The number of hydrogen-bond donors (Lipinski definition) is 2. The summed E-state index contributed by atoms with van der Waals surface area (Å²) in [7, 11) is -9.42. The molecule has 0 fully saturated rings. The Kier molecular flexibility index (Phi) is 13.0. The van der Waals surface area contributed by atoms with E-state index in [4.69, 9.17) is 0 Å². The van der Waals surface area contributed by atoms with Gasteiger partial charge in [0.15, 0.2) is 11.4 Å². The number of nitro benzene ring substituents is 2. The topological polar surface area (TPSA) is 291 Å². The molecule has 18 nitrogen and oxygen atoms in total. The van der Waals surface area contributed by atoms with Crippen molar-refractivity contribution in [3.05, 3.63) is 128 Å². The number of nitro groups is 2. The summed E-state index contributed by atoms with van der Waals surface area (Å²) in [6.45, 7) is 3.11. The van der Waals surface area contributed by atoms with Crippen LogP contribution in [-0.4, -0.2) is 83.7 Å². The molecule has 276 valence electrons. The van der Waals surface area contributed by atoms with Crippen LogP contribution in [0.2, 0.25) is 0 Å². The second-order valence-electron chi connectivity index (χ2n) is 11.3. The number of rotatable bonds is 8. The van der Waals surface area contributed by atoms with Crippen LogP contribution in [0.15, 0.2) is 127 Å². The Balaban J connectivity index is 0.000000240. The number of nitrogens with zero attached hydrogens (tertiary/aromatic N) is 6. The van der Waals surface area contributed by atoms with E-state index in [9.17, 15) is 56.4 Å². The van der Waals surface area contributed by atoms with Crippen LogP contribution in [-0.2, 0) is 20.2 Å². The van der Waals surface area contributed by atoms with Gasteiger partial charge < -0.3 is 19.3 Å². The van der Waals surface area contributed by atoms with Crippen molar-refractivity contribution in [2.75, 3.05) is 0 Å². The van der Waals surface area contributed by atoms with E-state index in [-0.39, 0.29) is 94.1 Å². The largest absolute Gasteiger partial charge is 2.00 e. The third-order valence-electron chi connectivity index (χ3n) is 7.78. The van der Waals surface area contributed by atoms with Crippen LogP contribution < -0.4 is 0 Å². The van der Waals surface area contributed by atoms with Crippen molar-refractivity contribution < 1.29 is 46.0 Å². The van der Waals surface area contributed by atoms with Gasteiger partial charge in [-0.2, -0.15) is 0 Å². The van der Waals surface area contributed by atoms with Crippen molar-refractivity contribution in [1.82, 2.24) is 0 Å². The molecular weight excluding hydrogens is 789 g/mol. The van der Waals surface area contributed by atoms with Crippen molar-refractivity contribution in [1.29, 1.82) is 0 Å². The van der Waals surface area contributed by atoms with Crippen molar-refractivity contribution in [2.24, 2.45) is 20.5 Å². The van der Waals surface area contributed by atoms with Crippen LogP contribution in [0.4, 0.5) is 34.1 Å². The van der Waals surface area contributed by atoms with Crippen LogP contribution in [0.3, 0.4) is 0 Å². The summed E-state index contributed by atoms with van der Waals surface area (Å²) in [5, 5.41) is 59.5. The van der Waals surface area contributed by atoms with Crippen molar-refractivity contribution in [2.45, 2.75) is 23.6 Å². The molecule has 0 aliphatic heterocycles. The molecule has 0 saturated carbocycles. The molecule has 0 aromatic heterocycles. The Hall–Kier alpha value is -5.48. The molecule has 6 rings (SSSR count). The van der Waals surface area contributed by atoms with E-state index in [2.05, 4.69) is 20.5 Å². The maximum atomic E-state index is 11.3. The number of hydrogen-bond acceptors (Lipinski definition) is 16. The minimum atomic E-state index is -4.71. The third-order valence-corrected chi connectivity index (χ3v) is 9.44. The number of phenols is 2. The Bertz CT molecular complexity index is 2610. The molecule has 21 heteroatoms. The maximum absolute atomic E-state index is 11.3. The summed E-state index contributed by atoms with van der Waals surface area (Å²) in [6, 6.07) is 22.0. The molecule has 0 unspecified atom stereocenters. The van der Waals surface area contributed by atoms with E-state index >= 15 is 0 Å². The zero-order valence-electron chi connectivity index (χ0n) is 28.4. The van der Waals surface area contributed by atoms with Crippen molar-refractivity contribution in [3.63, 3.8) is 0 Å². The van der Waals surface area contributed by atoms with Gasteiger partial charge in [0, 0.05) is 21.9 Å². The number of phenolic OH excluding ortho intramolecular Hbond substituents is 2. The number of fused-ring (bicyclic) bond motifs is 2. The van der Waals surface area contributed by atoms with Gasteiger partial charge in [0.2, 0.25) is 0 Å². The molecule has 6 aromatic carbocycles. The first-order valence-corrected chi connectivity index (χ1v) is 17.9. The van der Waals surface area contributed by atoms with E-state index < -0.39 is 39.9 Å².